The second kappa shape index (κ2) is 11.8. The van der Waals surface area contributed by atoms with Crippen molar-refractivity contribution in [3.63, 3.8) is 0 Å². The molecule has 0 radical (unpaired) electrons. The summed E-state index contributed by atoms with van der Waals surface area (Å²) in [5.41, 5.74) is 1.76. The molecular formula is C28H33N3O5S2. The molecule has 0 bridgehead atoms. The molecule has 3 aromatic carbocycles. The molecule has 0 spiro atoms. The number of rotatable bonds is 10. The Balaban J connectivity index is 1.38. The van der Waals surface area contributed by atoms with E-state index in [4.69, 9.17) is 0 Å². The molecule has 1 aliphatic rings. The molecule has 38 heavy (non-hydrogen) atoms. The van der Waals surface area contributed by atoms with E-state index in [1.165, 1.54) is 39.9 Å². The van der Waals surface area contributed by atoms with E-state index in [1.54, 1.807) is 24.3 Å². The summed E-state index contributed by atoms with van der Waals surface area (Å²) in [7, 11) is -5.80. The maximum Gasteiger partial charge on any atom is 0.243 e. The fraction of sp³-hybridized carbons (Fsp3) is 0.321. The molecule has 3 aromatic rings. The van der Waals surface area contributed by atoms with Crippen molar-refractivity contribution in [3.8, 4) is 0 Å². The quantitative estimate of drug-likeness (QED) is 0.376. The van der Waals surface area contributed by atoms with Gasteiger partial charge in [0.1, 0.15) is 0 Å². The van der Waals surface area contributed by atoms with Gasteiger partial charge in [0, 0.05) is 37.9 Å². The fourth-order valence-corrected chi connectivity index (χ4v) is 7.01. The minimum Gasteiger partial charge on any atom is -0.378 e. The Bertz CT molecular complexity index is 1470. The Morgan fingerprint density at radius 1 is 0.895 bits per heavy atom. The van der Waals surface area contributed by atoms with Crippen LogP contribution < -0.4 is 5.32 Å². The Hall–Kier alpha value is -3.05. The largest absolute Gasteiger partial charge is 0.378 e. The van der Waals surface area contributed by atoms with E-state index in [9.17, 15) is 21.6 Å². The average molecular weight is 556 g/mol. The molecular weight excluding hydrogens is 522 g/mol. The number of ketones is 1. The molecule has 1 fully saturated rings. The molecule has 8 nitrogen and oxygen atoms in total. The standard InChI is InChI=1S/C28H33N3O5S2/c1-22-15-17-31(18-16-22)38(35,36)27-10-6-9-24(19-27)28(32)20-29-25-11-13-26(14-12-25)37(33,34)30(2)21-23-7-4-3-5-8-23/h3-14,19,22,29H,15-18,20-21H2,1-2H3. The first-order valence-corrected chi connectivity index (χ1v) is 15.4. The molecule has 4 rings (SSSR count). The van der Waals surface area contributed by atoms with Crippen LogP contribution in [0.3, 0.4) is 0 Å². The number of hydrogen-bond donors (Lipinski definition) is 1. The third-order valence-electron chi connectivity index (χ3n) is 6.80. The third kappa shape index (κ3) is 6.50. The van der Waals surface area contributed by atoms with Gasteiger partial charge in [-0.3, -0.25) is 4.79 Å². The zero-order chi connectivity index (χ0) is 27.3. The zero-order valence-electron chi connectivity index (χ0n) is 21.6. The predicted molar refractivity (Wildman–Crippen MR) is 148 cm³/mol. The number of carbonyl (C=O) groups excluding carboxylic acids is 1. The highest BCUT2D eigenvalue weighted by molar-refractivity contribution is 7.89. The van der Waals surface area contributed by atoms with Crippen LogP contribution in [-0.4, -0.2) is 57.9 Å². The summed E-state index contributed by atoms with van der Waals surface area (Å²) >= 11 is 0. The predicted octanol–water partition coefficient (Wildman–Crippen LogP) is 4.22. The van der Waals surface area contributed by atoms with E-state index in [2.05, 4.69) is 12.2 Å². The van der Waals surface area contributed by atoms with Crippen molar-refractivity contribution < 1.29 is 21.6 Å². The molecule has 1 N–H and O–H groups in total. The first-order valence-electron chi connectivity index (χ1n) is 12.5. The average Bonchev–Trinajstić information content (AvgIpc) is 2.93. The van der Waals surface area contributed by atoms with Crippen LogP contribution in [0.4, 0.5) is 5.69 Å². The van der Waals surface area contributed by atoms with Crippen LogP contribution in [0.1, 0.15) is 35.7 Å². The van der Waals surface area contributed by atoms with Gasteiger partial charge >= 0.3 is 0 Å². The highest BCUT2D eigenvalue weighted by Crippen LogP contribution is 2.24. The van der Waals surface area contributed by atoms with Gasteiger partial charge in [-0.15, -0.1) is 0 Å². The Labute approximate surface area is 225 Å². The number of benzene rings is 3. The van der Waals surface area contributed by atoms with Crippen molar-refractivity contribution in [2.75, 3.05) is 32.0 Å². The minimum atomic E-state index is -3.68. The van der Waals surface area contributed by atoms with E-state index in [0.717, 1.165) is 18.4 Å². The molecule has 0 unspecified atom stereocenters. The van der Waals surface area contributed by atoms with Gasteiger partial charge < -0.3 is 5.32 Å². The highest BCUT2D eigenvalue weighted by Gasteiger charge is 2.28. The lowest BCUT2D eigenvalue weighted by Gasteiger charge is -2.29. The van der Waals surface area contributed by atoms with Gasteiger partial charge in [-0.2, -0.15) is 8.61 Å². The lowest BCUT2D eigenvalue weighted by molar-refractivity contribution is 0.101. The van der Waals surface area contributed by atoms with Crippen molar-refractivity contribution in [1.82, 2.24) is 8.61 Å². The van der Waals surface area contributed by atoms with Gasteiger partial charge in [-0.25, -0.2) is 16.8 Å². The summed E-state index contributed by atoms with van der Waals surface area (Å²) < 4.78 is 54.8. The molecule has 1 heterocycles. The van der Waals surface area contributed by atoms with Crippen LogP contribution in [0, 0.1) is 5.92 Å². The zero-order valence-corrected chi connectivity index (χ0v) is 23.2. The first-order chi connectivity index (χ1) is 18.1. The number of anilines is 1. The summed E-state index contributed by atoms with van der Waals surface area (Å²) in [5.74, 6) is 0.235. The summed E-state index contributed by atoms with van der Waals surface area (Å²) in [6.45, 7) is 3.27. The van der Waals surface area contributed by atoms with Gasteiger partial charge in [-0.05, 0) is 60.7 Å². The Morgan fingerprint density at radius 3 is 2.21 bits per heavy atom. The lowest BCUT2D eigenvalue weighted by Crippen LogP contribution is -2.37. The maximum atomic E-state index is 13.1. The molecule has 0 saturated carbocycles. The molecule has 0 atom stereocenters. The van der Waals surface area contributed by atoms with Crippen molar-refractivity contribution in [2.45, 2.75) is 36.1 Å². The van der Waals surface area contributed by atoms with Crippen molar-refractivity contribution in [3.05, 3.63) is 90.0 Å². The number of sulfonamides is 2. The monoisotopic (exact) mass is 555 g/mol. The van der Waals surface area contributed by atoms with E-state index in [-0.39, 0.29) is 28.7 Å². The van der Waals surface area contributed by atoms with Gasteiger partial charge in [0.15, 0.2) is 5.78 Å². The molecule has 202 valence electrons. The second-order valence-electron chi connectivity index (χ2n) is 9.66. The van der Waals surface area contributed by atoms with Crippen LogP contribution in [0.5, 0.6) is 0 Å². The number of Topliss-reactive ketones (excluding diaryl/α,β-unsaturated/α-hetero) is 1. The van der Waals surface area contributed by atoms with Crippen LogP contribution >= 0.6 is 0 Å². The van der Waals surface area contributed by atoms with Gasteiger partial charge in [0.2, 0.25) is 20.0 Å². The third-order valence-corrected chi connectivity index (χ3v) is 10.5. The van der Waals surface area contributed by atoms with Crippen LogP contribution in [-0.2, 0) is 26.6 Å². The second-order valence-corrected chi connectivity index (χ2v) is 13.6. The number of carbonyl (C=O) groups is 1. The van der Waals surface area contributed by atoms with Crippen molar-refractivity contribution in [1.29, 1.82) is 0 Å². The Morgan fingerprint density at radius 2 is 1.55 bits per heavy atom. The van der Waals surface area contributed by atoms with E-state index in [1.807, 2.05) is 30.3 Å². The molecule has 0 amide bonds. The van der Waals surface area contributed by atoms with Crippen LogP contribution in [0.2, 0.25) is 0 Å². The fourth-order valence-electron chi connectivity index (χ4n) is 4.34. The number of hydrogen-bond acceptors (Lipinski definition) is 6. The van der Waals surface area contributed by atoms with Gasteiger partial charge in [0.25, 0.3) is 0 Å². The number of nitrogens with zero attached hydrogens (tertiary/aromatic N) is 2. The van der Waals surface area contributed by atoms with Crippen molar-refractivity contribution >= 4 is 31.5 Å². The summed E-state index contributed by atoms with van der Waals surface area (Å²) in [6.07, 6.45) is 1.65. The highest BCUT2D eigenvalue weighted by atomic mass is 32.2. The molecule has 10 heteroatoms. The number of nitrogens with one attached hydrogen (secondary N) is 1. The molecule has 0 aromatic heterocycles. The molecule has 1 saturated heterocycles. The minimum absolute atomic E-state index is 0.0647. The van der Waals surface area contributed by atoms with Crippen molar-refractivity contribution in [2.24, 2.45) is 5.92 Å². The van der Waals surface area contributed by atoms with E-state index >= 15 is 0 Å². The SMILES string of the molecule is CC1CCN(S(=O)(=O)c2cccc(C(=O)CNc3ccc(S(=O)(=O)N(C)Cc4ccccc4)cc3)c2)CC1. The summed E-state index contributed by atoms with van der Waals surface area (Å²) in [4.78, 5) is 13.1. The topological polar surface area (TPSA) is 104 Å². The molecule has 0 aliphatic carbocycles. The Kier molecular flexibility index (Phi) is 8.67. The van der Waals surface area contributed by atoms with Gasteiger partial charge in [-0.1, -0.05) is 49.4 Å². The summed E-state index contributed by atoms with van der Waals surface area (Å²) in [5, 5.41) is 3.00. The normalized spacial score (nSPS) is 15.4. The van der Waals surface area contributed by atoms with E-state index in [0.29, 0.717) is 30.3 Å². The maximum absolute atomic E-state index is 13.1. The van der Waals surface area contributed by atoms with Crippen LogP contribution in [0.25, 0.3) is 0 Å². The van der Waals surface area contributed by atoms with Gasteiger partial charge in [0.05, 0.1) is 16.3 Å². The molecule has 1 aliphatic heterocycles. The summed E-state index contributed by atoms with van der Waals surface area (Å²) in [6, 6.07) is 21.7. The van der Waals surface area contributed by atoms with E-state index < -0.39 is 20.0 Å². The lowest BCUT2D eigenvalue weighted by atomic mass is 10.0. The number of piperidine rings is 1. The van der Waals surface area contributed by atoms with Crippen LogP contribution in [0.15, 0.2) is 88.7 Å². The smallest absolute Gasteiger partial charge is 0.243 e. The first kappa shape index (κ1) is 28.0.